The molecule has 0 bridgehead atoms. The van der Waals surface area contributed by atoms with E-state index in [1.165, 1.54) is 23.0 Å². The van der Waals surface area contributed by atoms with Gasteiger partial charge in [0.2, 0.25) is 17.8 Å². The Morgan fingerprint density at radius 1 is 1.14 bits per heavy atom. The average molecular weight is 426 g/mol. The van der Waals surface area contributed by atoms with Gasteiger partial charge in [-0.3, -0.25) is 10.1 Å². The number of aromatic nitrogens is 2. The Morgan fingerprint density at radius 2 is 2.00 bits per heavy atom. The summed E-state index contributed by atoms with van der Waals surface area (Å²) in [4.78, 5) is 12.1. The molecule has 29 heavy (non-hydrogen) atoms. The van der Waals surface area contributed by atoms with Crippen molar-refractivity contribution < 1.29 is 14.3 Å². The molecule has 1 amide bonds. The topological polar surface area (TPSA) is 73.3 Å². The van der Waals surface area contributed by atoms with Crippen LogP contribution < -0.4 is 14.8 Å². The fourth-order valence-corrected chi connectivity index (χ4v) is 4.50. The molecule has 1 N–H and O–H groups in total. The van der Waals surface area contributed by atoms with Gasteiger partial charge < -0.3 is 9.47 Å². The zero-order chi connectivity index (χ0) is 19.9. The van der Waals surface area contributed by atoms with E-state index >= 15 is 0 Å². The van der Waals surface area contributed by atoms with Crippen LogP contribution in [-0.2, 0) is 11.2 Å². The second kappa shape index (κ2) is 9.58. The van der Waals surface area contributed by atoms with E-state index in [-0.39, 0.29) is 12.7 Å². The van der Waals surface area contributed by atoms with Crippen molar-refractivity contribution in [1.82, 2.24) is 10.2 Å². The molecule has 0 spiro atoms. The largest absolute Gasteiger partial charge is 0.454 e. The van der Waals surface area contributed by atoms with Crippen molar-refractivity contribution in [1.29, 1.82) is 0 Å². The lowest BCUT2D eigenvalue weighted by Crippen LogP contribution is -2.07. The van der Waals surface area contributed by atoms with Crippen LogP contribution in [0.3, 0.4) is 0 Å². The van der Waals surface area contributed by atoms with Crippen molar-refractivity contribution in [3.05, 3.63) is 65.7 Å². The Bertz CT molecular complexity index is 1010. The Balaban J connectivity index is 1.22. The number of hydrogen-bond acceptors (Lipinski definition) is 7. The molecular formula is C21H19N3O3S2. The van der Waals surface area contributed by atoms with Gasteiger partial charge in [-0.2, -0.15) is 0 Å². The lowest BCUT2D eigenvalue weighted by atomic mass is 10.1. The third-order valence-electron chi connectivity index (χ3n) is 4.14. The Kier molecular flexibility index (Phi) is 6.43. The van der Waals surface area contributed by atoms with Gasteiger partial charge in [0.05, 0.1) is 0 Å². The van der Waals surface area contributed by atoms with Crippen LogP contribution in [0.15, 0.2) is 58.9 Å². The fraction of sp³-hybridized carbons (Fsp3) is 0.190. The number of anilines is 1. The van der Waals surface area contributed by atoms with Crippen LogP contribution in [0.5, 0.6) is 11.5 Å². The molecule has 0 saturated heterocycles. The highest BCUT2D eigenvalue weighted by Gasteiger charge is 2.12. The summed E-state index contributed by atoms with van der Waals surface area (Å²) < 4.78 is 11.5. The fourth-order valence-electron chi connectivity index (χ4n) is 2.73. The van der Waals surface area contributed by atoms with Gasteiger partial charge in [-0.1, -0.05) is 59.5 Å². The minimum absolute atomic E-state index is 0.229. The SMILES string of the molecule is O=C(/C=C/c1ccc2c(c1)OCO2)Nc1nnc(SCCCc2ccccc2)s1. The third kappa shape index (κ3) is 5.58. The molecule has 1 aliphatic heterocycles. The van der Waals surface area contributed by atoms with Crippen LogP contribution in [0.25, 0.3) is 6.08 Å². The molecule has 148 valence electrons. The monoisotopic (exact) mass is 425 g/mol. The van der Waals surface area contributed by atoms with Crippen molar-refractivity contribution in [3.63, 3.8) is 0 Å². The zero-order valence-corrected chi connectivity index (χ0v) is 17.2. The standard InChI is InChI=1S/C21H19N3O3S2/c25-19(11-9-16-8-10-17-18(13-16)27-14-26-17)22-20-23-24-21(29-20)28-12-4-7-15-5-2-1-3-6-15/h1-3,5-6,8-11,13H,4,7,12,14H2,(H,22,23,25)/b11-9+. The van der Waals surface area contributed by atoms with Crippen molar-refractivity contribution in [3.8, 4) is 11.5 Å². The number of fused-ring (bicyclic) bond motifs is 1. The van der Waals surface area contributed by atoms with Gasteiger partial charge >= 0.3 is 0 Å². The third-order valence-corrected chi connectivity index (χ3v) is 6.20. The second-order valence-electron chi connectivity index (χ2n) is 6.25. The highest BCUT2D eigenvalue weighted by atomic mass is 32.2. The number of hydrogen-bond donors (Lipinski definition) is 1. The summed E-state index contributed by atoms with van der Waals surface area (Å²) in [5, 5.41) is 11.4. The number of nitrogens with one attached hydrogen (secondary N) is 1. The van der Waals surface area contributed by atoms with Gasteiger partial charge in [-0.25, -0.2) is 0 Å². The van der Waals surface area contributed by atoms with E-state index in [2.05, 4.69) is 39.8 Å². The van der Waals surface area contributed by atoms with E-state index in [0.717, 1.165) is 28.5 Å². The first-order valence-corrected chi connectivity index (χ1v) is 11.0. The van der Waals surface area contributed by atoms with Crippen molar-refractivity contribution in [2.45, 2.75) is 17.2 Å². The summed E-state index contributed by atoms with van der Waals surface area (Å²) >= 11 is 3.04. The molecule has 0 unspecified atom stereocenters. The molecule has 2 heterocycles. The maximum atomic E-state index is 12.1. The molecule has 0 radical (unpaired) electrons. The lowest BCUT2D eigenvalue weighted by Gasteiger charge is -1.99. The van der Waals surface area contributed by atoms with Crippen molar-refractivity contribution >= 4 is 40.2 Å². The summed E-state index contributed by atoms with van der Waals surface area (Å²) in [5.41, 5.74) is 2.20. The van der Waals surface area contributed by atoms with E-state index in [1.807, 2.05) is 24.3 Å². The predicted octanol–water partition coefficient (Wildman–Crippen LogP) is 4.64. The number of carbonyl (C=O) groups excluding carboxylic acids is 1. The van der Waals surface area contributed by atoms with E-state index in [9.17, 15) is 4.79 Å². The molecule has 6 nitrogen and oxygen atoms in total. The Hall–Kier alpha value is -2.84. The quantitative estimate of drug-likeness (QED) is 0.245. The van der Waals surface area contributed by atoms with E-state index in [4.69, 9.17) is 9.47 Å². The van der Waals surface area contributed by atoms with Crippen LogP contribution >= 0.6 is 23.1 Å². The molecular weight excluding hydrogens is 406 g/mol. The number of rotatable bonds is 8. The van der Waals surface area contributed by atoms with Crippen LogP contribution in [-0.4, -0.2) is 28.7 Å². The van der Waals surface area contributed by atoms with Gasteiger partial charge in [0.1, 0.15) is 0 Å². The molecule has 2 aromatic carbocycles. The van der Waals surface area contributed by atoms with E-state index in [0.29, 0.717) is 16.6 Å². The summed E-state index contributed by atoms with van der Waals surface area (Å²) in [6.07, 6.45) is 5.29. The minimum Gasteiger partial charge on any atom is -0.454 e. The average Bonchev–Trinajstić information content (AvgIpc) is 3.39. The van der Waals surface area contributed by atoms with Crippen LogP contribution in [0.2, 0.25) is 0 Å². The number of ether oxygens (including phenoxy) is 2. The molecule has 1 aromatic heterocycles. The first kappa shape index (κ1) is 19.5. The van der Waals surface area contributed by atoms with E-state index < -0.39 is 0 Å². The van der Waals surface area contributed by atoms with E-state index in [1.54, 1.807) is 17.8 Å². The van der Waals surface area contributed by atoms with Gasteiger partial charge in [-0.15, -0.1) is 10.2 Å². The maximum absolute atomic E-state index is 12.1. The van der Waals surface area contributed by atoms with Crippen LogP contribution in [0.4, 0.5) is 5.13 Å². The number of benzene rings is 2. The summed E-state index contributed by atoms with van der Waals surface area (Å²) in [6.45, 7) is 0.229. The van der Waals surface area contributed by atoms with Crippen LogP contribution in [0.1, 0.15) is 17.5 Å². The summed E-state index contributed by atoms with van der Waals surface area (Å²) in [5.74, 6) is 2.11. The number of aryl methyl sites for hydroxylation is 1. The molecule has 4 rings (SSSR count). The molecule has 0 fully saturated rings. The Morgan fingerprint density at radius 3 is 2.90 bits per heavy atom. The van der Waals surface area contributed by atoms with Gasteiger partial charge in [-0.05, 0) is 42.2 Å². The van der Waals surface area contributed by atoms with Crippen molar-refractivity contribution in [2.24, 2.45) is 0 Å². The Labute approximate surface area is 177 Å². The zero-order valence-electron chi connectivity index (χ0n) is 15.5. The molecule has 0 atom stereocenters. The predicted molar refractivity (Wildman–Crippen MR) is 116 cm³/mol. The number of carbonyl (C=O) groups is 1. The molecule has 1 aliphatic rings. The normalized spacial score (nSPS) is 12.4. The smallest absolute Gasteiger partial charge is 0.250 e. The summed E-state index contributed by atoms with van der Waals surface area (Å²) in [6, 6.07) is 16.0. The molecule has 0 aliphatic carbocycles. The minimum atomic E-state index is -0.251. The number of amides is 1. The molecule has 8 heteroatoms. The number of nitrogens with zero attached hydrogens (tertiary/aromatic N) is 2. The molecule has 0 saturated carbocycles. The second-order valence-corrected chi connectivity index (χ2v) is 8.57. The summed E-state index contributed by atoms with van der Waals surface area (Å²) in [7, 11) is 0. The number of thioether (sulfide) groups is 1. The highest BCUT2D eigenvalue weighted by Crippen LogP contribution is 2.32. The molecule has 3 aromatic rings. The maximum Gasteiger partial charge on any atom is 0.250 e. The van der Waals surface area contributed by atoms with Gasteiger partial charge in [0.25, 0.3) is 0 Å². The lowest BCUT2D eigenvalue weighted by molar-refractivity contribution is -0.111. The van der Waals surface area contributed by atoms with Crippen molar-refractivity contribution in [2.75, 3.05) is 17.9 Å². The first-order valence-electron chi connectivity index (χ1n) is 9.15. The van der Waals surface area contributed by atoms with Crippen LogP contribution in [0, 0.1) is 0 Å². The van der Waals surface area contributed by atoms with Gasteiger partial charge in [0.15, 0.2) is 15.8 Å². The highest BCUT2D eigenvalue weighted by molar-refractivity contribution is 8.01. The first-order chi connectivity index (χ1) is 14.3. The van der Waals surface area contributed by atoms with Gasteiger partial charge in [0, 0.05) is 11.8 Å².